The topological polar surface area (TPSA) is 98.5 Å². The van der Waals surface area contributed by atoms with Crippen LogP contribution >= 0.6 is 0 Å². The Kier molecular flexibility index (Phi) is 4.65. The molecule has 0 radical (unpaired) electrons. The molecule has 1 saturated heterocycles. The Morgan fingerprint density at radius 1 is 1.33 bits per heavy atom. The van der Waals surface area contributed by atoms with E-state index in [1.807, 2.05) is 13.8 Å². The van der Waals surface area contributed by atoms with Crippen LogP contribution in [-0.4, -0.2) is 26.5 Å². The number of sulfonamides is 1. The highest BCUT2D eigenvalue weighted by atomic mass is 32.2. The molecule has 7 heteroatoms. The molecular formula is C14H20N2O4S. The summed E-state index contributed by atoms with van der Waals surface area (Å²) in [6.07, 6.45) is 1.33. The summed E-state index contributed by atoms with van der Waals surface area (Å²) in [6.45, 7) is 3.78. The Labute approximate surface area is 124 Å². The standard InChI is InChI=1S/C14H20N2O4S/c1-9-3-8-13(20-9)14(17)16-10(2)11-4-6-12(7-5-11)21(15,18)19/h4-7,9-10,13H,3,8H2,1-2H3,(H,16,17)(H2,15,18,19). The van der Waals surface area contributed by atoms with Crippen LogP contribution in [0.2, 0.25) is 0 Å². The van der Waals surface area contributed by atoms with E-state index in [4.69, 9.17) is 9.88 Å². The van der Waals surface area contributed by atoms with Crippen molar-refractivity contribution in [2.45, 2.75) is 49.8 Å². The number of nitrogens with two attached hydrogens (primary N) is 1. The van der Waals surface area contributed by atoms with Crippen LogP contribution in [0.25, 0.3) is 0 Å². The average molecular weight is 312 g/mol. The van der Waals surface area contributed by atoms with Crippen molar-refractivity contribution in [1.82, 2.24) is 5.32 Å². The third kappa shape index (κ3) is 4.03. The van der Waals surface area contributed by atoms with Gasteiger partial charge in [0, 0.05) is 0 Å². The van der Waals surface area contributed by atoms with Crippen LogP contribution in [0.5, 0.6) is 0 Å². The lowest BCUT2D eigenvalue weighted by atomic mass is 10.1. The molecule has 3 unspecified atom stereocenters. The van der Waals surface area contributed by atoms with Gasteiger partial charge in [0.1, 0.15) is 6.10 Å². The molecular weight excluding hydrogens is 292 g/mol. The number of rotatable bonds is 4. The maximum Gasteiger partial charge on any atom is 0.249 e. The minimum Gasteiger partial charge on any atom is -0.365 e. The zero-order valence-corrected chi connectivity index (χ0v) is 12.9. The number of nitrogens with one attached hydrogen (secondary N) is 1. The third-order valence-electron chi connectivity index (χ3n) is 3.59. The highest BCUT2D eigenvalue weighted by molar-refractivity contribution is 7.89. The molecule has 2 rings (SSSR count). The molecule has 1 aromatic carbocycles. The minimum atomic E-state index is -3.69. The number of benzene rings is 1. The Morgan fingerprint density at radius 2 is 1.95 bits per heavy atom. The van der Waals surface area contributed by atoms with Gasteiger partial charge in [0.2, 0.25) is 15.9 Å². The first-order valence-electron chi connectivity index (χ1n) is 6.86. The summed E-state index contributed by atoms with van der Waals surface area (Å²) in [5, 5.41) is 7.92. The van der Waals surface area contributed by atoms with Gasteiger partial charge in [-0.25, -0.2) is 13.6 Å². The van der Waals surface area contributed by atoms with E-state index >= 15 is 0 Å². The first kappa shape index (κ1) is 15.9. The molecule has 1 heterocycles. The maximum absolute atomic E-state index is 12.0. The van der Waals surface area contributed by atoms with Gasteiger partial charge in [0.25, 0.3) is 0 Å². The Balaban J connectivity index is 2.00. The smallest absolute Gasteiger partial charge is 0.249 e. The lowest BCUT2D eigenvalue weighted by Gasteiger charge is -2.18. The van der Waals surface area contributed by atoms with E-state index in [2.05, 4.69) is 5.32 Å². The zero-order valence-electron chi connectivity index (χ0n) is 12.1. The number of carbonyl (C=O) groups is 1. The molecule has 1 aliphatic heterocycles. The van der Waals surface area contributed by atoms with Crippen molar-refractivity contribution in [3.05, 3.63) is 29.8 Å². The molecule has 0 saturated carbocycles. The Bertz CT molecular complexity index is 612. The quantitative estimate of drug-likeness (QED) is 0.869. The fourth-order valence-electron chi connectivity index (χ4n) is 2.33. The van der Waals surface area contributed by atoms with E-state index in [9.17, 15) is 13.2 Å². The van der Waals surface area contributed by atoms with Gasteiger partial charge in [-0.05, 0) is 44.4 Å². The second kappa shape index (κ2) is 6.13. The summed E-state index contributed by atoms with van der Waals surface area (Å²) in [5.74, 6) is -0.137. The van der Waals surface area contributed by atoms with Gasteiger partial charge in [0.05, 0.1) is 17.0 Å². The number of ether oxygens (including phenoxy) is 1. The molecule has 116 valence electrons. The molecule has 3 N–H and O–H groups in total. The third-order valence-corrected chi connectivity index (χ3v) is 4.52. The molecule has 21 heavy (non-hydrogen) atoms. The van der Waals surface area contributed by atoms with Crippen LogP contribution < -0.4 is 10.5 Å². The lowest BCUT2D eigenvalue weighted by molar-refractivity contribution is -0.132. The summed E-state index contributed by atoms with van der Waals surface area (Å²) < 4.78 is 27.9. The summed E-state index contributed by atoms with van der Waals surface area (Å²) in [6, 6.07) is 5.92. The largest absolute Gasteiger partial charge is 0.365 e. The first-order chi connectivity index (χ1) is 9.77. The van der Waals surface area contributed by atoms with E-state index in [0.717, 1.165) is 18.4 Å². The Morgan fingerprint density at radius 3 is 2.43 bits per heavy atom. The van der Waals surface area contributed by atoms with Crippen LogP contribution in [-0.2, 0) is 19.6 Å². The van der Waals surface area contributed by atoms with Crippen molar-refractivity contribution in [3.63, 3.8) is 0 Å². The number of hydrogen-bond donors (Lipinski definition) is 2. The molecule has 0 spiro atoms. The highest BCUT2D eigenvalue weighted by Crippen LogP contribution is 2.21. The van der Waals surface area contributed by atoms with Crippen molar-refractivity contribution in [1.29, 1.82) is 0 Å². The molecule has 6 nitrogen and oxygen atoms in total. The van der Waals surface area contributed by atoms with Crippen molar-refractivity contribution < 1.29 is 17.9 Å². The second-order valence-electron chi connectivity index (χ2n) is 5.36. The normalized spacial score (nSPS) is 23.8. The first-order valence-corrected chi connectivity index (χ1v) is 8.40. The zero-order chi connectivity index (χ0) is 15.6. The van der Waals surface area contributed by atoms with Crippen molar-refractivity contribution in [3.8, 4) is 0 Å². The molecule has 1 amide bonds. The summed E-state index contributed by atoms with van der Waals surface area (Å²) in [4.78, 5) is 12.1. The molecule has 3 atom stereocenters. The molecule has 1 fully saturated rings. The van der Waals surface area contributed by atoms with Gasteiger partial charge in [-0.15, -0.1) is 0 Å². The number of amides is 1. The van der Waals surface area contributed by atoms with Gasteiger partial charge < -0.3 is 10.1 Å². The number of hydrogen-bond acceptors (Lipinski definition) is 4. The lowest BCUT2D eigenvalue weighted by Crippen LogP contribution is -2.36. The van der Waals surface area contributed by atoms with Gasteiger partial charge >= 0.3 is 0 Å². The van der Waals surface area contributed by atoms with E-state index in [1.165, 1.54) is 12.1 Å². The maximum atomic E-state index is 12.0. The van der Waals surface area contributed by atoms with Gasteiger partial charge in [-0.3, -0.25) is 4.79 Å². The van der Waals surface area contributed by atoms with Crippen molar-refractivity contribution >= 4 is 15.9 Å². The molecule has 0 bridgehead atoms. The average Bonchev–Trinajstić information content (AvgIpc) is 2.84. The molecule has 1 aromatic rings. The highest BCUT2D eigenvalue weighted by Gasteiger charge is 2.28. The minimum absolute atomic E-state index is 0.0535. The van der Waals surface area contributed by atoms with E-state index in [-0.39, 0.29) is 22.9 Å². The molecule has 0 aromatic heterocycles. The molecule has 1 aliphatic rings. The van der Waals surface area contributed by atoms with Crippen LogP contribution in [0.4, 0.5) is 0 Å². The number of primary sulfonamides is 1. The monoisotopic (exact) mass is 312 g/mol. The summed E-state index contributed by atoms with van der Waals surface area (Å²) in [7, 11) is -3.69. The van der Waals surface area contributed by atoms with E-state index in [1.54, 1.807) is 12.1 Å². The fourth-order valence-corrected chi connectivity index (χ4v) is 2.85. The van der Waals surface area contributed by atoms with Crippen molar-refractivity contribution in [2.75, 3.05) is 0 Å². The summed E-state index contributed by atoms with van der Waals surface area (Å²) in [5.41, 5.74) is 0.807. The predicted octanol–water partition coefficient (Wildman–Crippen LogP) is 1.08. The number of carbonyl (C=O) groups excluding carboxylic acids is 1. The van der Waals surface area contributed by atoms with Crippen LogP contribution in [0, 0.1) is 0 Å². The SMILES string of the molecule is CC1CCC(C(=O)NC(C)c2ccc(S(N)(=O)=O)cc2)O1. The van der Waals surface area contributed by atoms with Crippen LogP contribution in [0.15, 0.2) is 29.2 Å². The predicted molar refractivity (Wildman–Crippen MR) is 77.9 cm³/mol. The molecule has 0 aliphatic carbocycles. The summed E-state index contributed by atoms with van der Waals surface area (Å²) >= 11 is 0. The second-order valence-corrected chi connectivity index (χ2v) is 6.92. The van der Waals surface area contributed by atoms with Gasteiger partial charge in [-0.2, -0.15) is 0 Å². The van der Waals surface area contributed by atoms with E-state index in [0.29, 0.717) is 0 Å². The van der Waals surface area contributed by atoms with Crippen molar-refractivity contribution in [2.24, 2.45) is 5.14 Å². The fraction of sp³-hybridized carbons (Fsp3) is 0.500. The van der Waals surface area contributed by atoms with E-state index < -0.39 is 16.1 Å². The Hall–Kier alpha value is -1.44. The van der Waals surface area contributed by atoms with Gasteiger partial charge in [0.15, 0.2) is 0 Å². The van der Waals surface area contributed by atoms with Crippen LogP contribution in [0.1, 0.15) is 38.3 Å². The van der Waals surface area contributed by atoms with Crippen LogP contribution in [0.3, 0.4) is 0 Å². The van der Waals surface area contributed by atoms with Gasteiger partial charge in [-0.1, -0.05) is 12.1 Å².